The van der Waals surface area contributed by atoms with Crippen molar-refractivity contribution >= 4 is 46.3 Å². The summed E-state index contributed by atoms with van der Waals surface area (Å²) in [5.41, 5.74) is 0.863. The molecule has 0 atom stereocenters. The van der Waals surface area contributed by atoms with Crippen molar-refractivity contribution in [2.75, 3.05) is 13.2 Å². The van der Waals surface area contributed by atoms with Crippen LogP contribution in [0.5, 0.6) is 5.75 Å². The number of carboxylic acids is 1. The number of ether oxygens (including phenoxy) is 1. The van der Waals surface area contributed by atoms with Crippen LogP contribution in [0.3, 0.4) is 0 Å². The van der Waals surface area contributed by atoms with E-state index >= 15 is 0 Å². The molecule has 1 aromatic rings. The van der Waals surface area contributed by atoms with Gasteiger partial charge in [0, 0.05) is 13.0 Å². The number of benzene rings is 1. The molecule has 0 bridgehead atoms. The highest BCUT2D eigenvalue weighted by molar-refractivity contribution is 8.26. The van der Waals surface area contributed by atoms with Gasteiger partial charge in [0.05, 0.1) is 11.5 Å². The molecule has 0 aromatic heterocycles. The molecule has 1 aliphatic rings. The van der Waals surface area contributed by atoms with Crippen molar-refractivity contribution in [2.45, 2.75) is 19.8 Å². The van der Waals surface area contributed by atoms with E-state index in [-0.39, 0.29) is 12.3 Å². The zero-order valence-electron chi connectivity index (χ0n) is 12.7. The van der Waals surface area contributed by atoms with Crippen molar-refractivity contribution < 1.29 is 19.4 Å². The monoisotopic (exact) mass is 351 g/mol. The van der Waals surface area contributed by atoms with Gasteiger partial charge in [0.15, 0.2) is 0 Å². The lowest BCUT2D eigenvalue weighted by Gasteiger charge is -2.13. The lowest BCUT2D eigenvalue weighted by atomic mass is 10.2. The maximum absolute atomic E-state index is 12.4. The van der Waals surface area contributed by atoms with Crippen molar-refractivity contribution in [3.05, 3.63) is 34.7 Å². The number of nitrogens with zero attached hydrogens (tertiary/aromatic N) is 1. The third-order valence-electron chi connectivity index (χ3n) is 3.11. The van der Waals surface area contributed by atoms with Crippen molar-refractivity contribution in [2.24, 2.45) is 0 Å². The Morgan fingerprint density at radius 3 is 2.96 bits per heavy atom. The molecule has 0 unspecified atom stereocenters. The fourth-order valence-corrected chi connectivity index (χ4v) is 3.40. The van der Waals surface area contributed by atoms with Crippen LogP contribution in [0.2, 0.25) is 0 Å². The molecule has 2 rings (SSSR count). The number of hydrogen-bond donors (Lipinski definition) is 1. The molecule has 7 heteroatoms. The molecule has 0 radical (unpaired) electrons. The Morgan fingerprint density at radius 1 is 1.48 bits per heavy atom. The molecule has 1 heterocycles. The van der Waals surface area contributed by atoms with E-state index in [1.54, 1.807) is 6.08 Å². The molecule has 1 aliphatic heterocycles. The zero-order chi connectivity index (χ0) is 16.8. The summed E-state index contributed by atoms with van der Waals surface area (Å²) in [4.78, 5) is 24.9. The number of carboxylic acid groups (broad SMARTS) is 1. The third kappa shape index (κ3) is 4.80. The summed E-state index contributed by atoms with van der Waals surface area (Å²) in [7, 11) is 0. The fraction of sp³-hybridized carbons (Fsp3) is 0.312. The van der Waals surface area contributed by atoms with Crippen LogP contribution in [0.15, 0.2) is 29.2 Å². The summed E-state index contributed by atoms with van der Waals surface area (Å²) in [5.74, 6) is -0.302. The molecule has 5 nitrogen and oxygen atoms in total. The normalized spacial score (nSPS) is 16.2. The molecule has 0 aliphatic carbocycles. The predicted molar refractivity (Wildman–Crippen MR) is 94.4 cm³/mol. The highest BCUT2D eigenvalue weighted by Crippen LogP contribution is 2.33. The van der Waals surface area contributed by atoms with Gasteiger partial charge < -0.3 is 9.84 Å². The molecule has 1 saturated heterocycles. The van der Waals surface area contributed by atoms with E-state index in [2.05, 4.69) is 0 Å². The number of hydrogen-bond acceptors (Lipinski definition) is 5. The molecule has 1 N–H and O–H groups in total. The highest BCUT2D eigenvalue weighted by atomic mass is 32.2. The lowest BCUT2D eigenvalue weighted by molar-refractivity contribution is -0.137. The van der Waals surface area contributed by atoms with Crippen LogP contribution in [-0.4, -0.2) is 39.4 Å². The first kappa shape index (κ1) is 17.5. The number of thiocarbonyl (C=S) groups is 1. The first-order chi connectivity index (χ1) is 11.0. The minimum absolute atomic E-state index is 0.0203. The molecular weight excluding hydrogens is 334 g/mol. The van der Waals surface area contributed by atoms with E-state index in [9.17, 15) is 9.59 Å². The first-order valence-corrected chi connectivity index (χ1v) is 8.43. The molecule has 0 saturated carbocycles. The Bertz CT molecular complexity index is 657. The average Bonchev–Trinajstić information content (AvgIpc) is 2.75. The third-order valence-corrected chi connectivity index (χ3v) is 4.49. The van der Waals surface area contributed by atoms with Crippen molar-refractivity contribution in [1.82, 2.24) is 4.90 Å². The van der Waals surface area contributed by atoms with Crippen molar-refractivity contribution in [3.8, 4) is 5.75 Å². The van der Waals surface area contributed by atoms with Gasteiger partial charge >= 0.3 is 5.97 Å². The molecule has 1 amide bonds. The Kier molecular flexibility index (Phi) is 6.18. The van der Waals surface area contributed by atoms with Crippen LogP contribution in [-0.2, 0) is 9.59 Å². The largest absolute Gasteiger partial charge is 0.494 e. The van der Waals surface area contributed by atoms with Crippen molar-refractivity contribution in [3.63, 3.8) is 0 Å². The molecule has 122 valence electrons. The first-order valence-electron chi connectivity index (χ1n) is 7.21. The standard InChI is InChI=1S/C16H17NO4S2/c1-2-21-12-6-3-5-11(9-12)10-13-15(20)17(16(22)23-13)8-4-7-14(18)19/h3,5-6,9-10H,2,4,7-8H2,1H3,(H,18,19)/b13-10-. The van der Waals surface area contributed by atoms with E-state index in [4.69, 9.17) is 22.1 Å². The van der Waals surface area contributed by atoms with E-state index in [0.29, 0.717) is 28.8 Å². The molecular formula is C16H17NO4S2. The lowest BCUT2D eigenvalue weighted by Crippen LogP contribution is -2.29. The van der Waals surface area contributed by atoms with Crippen LogP contribution >= 0.6 is 24.0 Å². The van der Waals surface area contributed by atoms with E-state index < -0.39 is 5.97 Å². The van der Waals surface area contributed by atoms with Crippen LogP contribution in [0.1, 0.15) is 25.3 Å². The minimum atomic E-state index is -0.876. The Balaban J connectivity index is 2.08. The number of rotatable bonds is 7. The maximum atomic E-state index is 12.4. The van der Waals surface area contributed by atoms with Crippen LogP contribution in [0.4, 0.5) is 0 Å². The van der Waals surface area contributed by atoms with Gasteiger partial charge in [0.25, 0.3) is 5.91 Å². The molecule has 1 fully saturated rings. The number of carbonyl (C=O) groups excluding carboxylic acids is 1. The second-order valence-corrected chi connectivity index (χ2v) is 6.51. The number of amides is 1. The van der Waals surface area contributed by atoms with Gasteiger partial charge in [0.2, 0.25) is 0 Å². The van der Waals surface area contributed by atoms with Gasteiger partial charge in [-0.3, -0.25) is 14.5 Å². The van der Waals surface area contributed by atoms with Crippen LogP contribution in [0, 0.1) is 0 Å². The molecule has 0 spiro atoms. The maximum Gasteiger partial charge on any atom is 0.303 e. The smallest absolute Gasteiger partial charge is 0.303 e. The molecule has 23 heavy (non-hydrogen) atoms. The quantitative estimate of drug-likeness (QED) is 0.601. The fourth-order valence-electron chi connectivity index (χ4n) is 2.09. The summed E-state index contributed by atoms with van der Waals surface area (Å²) in [5, 5.41) is 8.67. The predicted octanol–water partition coefficient (Wildman–Crippen LogP) is 3.15. The second kappa shape index (κ2) is 8.12. The van der Waals surface area contributed by atoms with Crippen LogP contribution in [0.25, 0.3) is 6.08 Å². The van der Waals surface area contributed by atoms with Gasteiger partial charge in [-0.15, -0.1) is 0 Å². The van der Waals surface area contributed by atoms with E-state index in [0.717, 1.165) is 11.3 Å². The Morgan fingerprint density at radius 2 is 2.26 bits per heavy atom. The van der Waals surface area contributed by atoms with Gasteiger partial charge in [-0.2, -0.15) is 0 Å². The SMILES string of the molecule is CCOc1cccc(/C=C2\SC(=S)N(CCCC(=O)O)C2=O)c1. The van der Waals surface area contributed by atoms with Gasteiger partial charge in [0.1, 0.15) is 10.1 Å². The highest BCUT2D eigenvalue weighted by Gasteiger charge is 2.31. The molecule has 1 aromatic carbocycles. The van der Waals surface area contributed by atoms with E-state index in [1.807, 2.05) is 31.2 Å². The summed E-state index contributed by atoms with van der Waals surface area (Å²) < 4.78 is 5.91. The summed E-state index contributed by atoms with van der Waals surface area (Å²) in [6, 6.07) is 7.47. The average molecular weight is 351 g/mol. The van der Waals surface area contributed by atoms with E-state index in [1.165, 1.54) is 16.7 Å². The summed E-state index contributed by atoms with van der Waals surface area (Å²) in [6.45, 7) is 2.82. The van der Waals surface area contributed by atoms with Gasteiger partial charge in [-0.1, -0.05) is 36.1 Å². The summed E-state index contributed by atoms with van der Waals surface area (Å²) in [6.07, 6.45) is 2.18. The zero-order valence-corrected chi connectivity index (χ0v) is 14.3. The Labute approximate surface area is 144 Å². The van der Waals surface area contributed by atoms with Crippen molar-refractivity contribution in [1.29, 1.82) is 0 Å². The topological polar surface area (TPSA) is 66.8 Å². The van der Waals surface area contributed by atoms with Gasteiger partial charge in [-0.05, 0) is 37.1 Å². The summed E-state index contributed by atoms with van der Waals surface area (Å²) >= 11 is 6.45. The number of carbonyl (C=O) groups is 2. The number of aliphatic carboxylic acids is 1. The van der Waals surface area contributed by atoms with Gasteiger partial charge in [-0.25, -0.2) is 0 Å². The Hall–Kier alpha value is -1.86. The van der Waals surface area contributed by atoms with Crippen LogP contribution < -0.4 is 4.74 Å². The number of thioether (sulfide) groups is 1. The second-order valence-electron chi connectivity index (χ2n) is 4.84. The minimum Gasteiger partial charge on any atom is -0.494 e.